The van der Waals surface area contributed by atoms with Gasteiger partial charge in [-0.25, -0.2) is 0 Å². The molecule has 2 aromatic carbocycles. The zero-order valence-corrected chi connectivity index (χ0v) is 16.6. The lowest BCUT2D eigenvalue weighted by Crippen LogP contribution is -2.15. The van der Waals surface area contributed by atoms with Crippen LogP contribution in [0.25, 0.3) is 0 Å². The van der Waals surface area contributed by atoms with E-state index in [1.807, 2.05) is 0 Å². The van der Waals surface area contributed by atoms with Gasteiger partial charge in [-0.15, -0.1) is 0 Å². The van der Waals surface area contributed by atoms with E-state index in [0.717, 1.165) is 12.8 Å². The van der Waals surface area contributed by atoms with E-state index in [2.05, 4.69) is 97.0 Å². The molecule has 2 rings (SSSR count). The van der Waals surface area contributed by atoms with Gasteiger partial charge in [0.15, 0.2) is 0 Å². The molecule has 0 aliphatic heterocycles. The van der Waals surface area contributed by atoms with Crippen molar-refractivity contribution in [2.75, 3.05) is 0 Å². The highest BCUT2D eigenvalue weighted by atomic mass is 14.2. The lowest BCUT2D eigenvalue weighted by Gasteiger charge is -2.25. The third-order valence-electron chi connectivity index (χ3n) is 6.15. The highest BCUT2D eigenvalue weighted by Gasteiger charge is 2.20. The minimum Gasteiger partial charge on any atom is -0.0646 e. The molecule has 0 atom stereocenters. The highest BCUT2D eigenvalue weighted by Crippen LogP contribution is 2.32. The van der Waals surface area contributed by atoms with Gasteiger partial charge in [0, 0.05) is 5.92 Å². The fraction of sp³-hybridized carbons (Fsp3) is 0.500. The standard InChI is InChI=1S/C24H34/c1-8-23(4,5)21-14-10-19(11-15-21)18(3)20-12-16-22(17-13-20)24(6,7)9-2/h10-18H,8-9H2,1-7H3. The van der Waals surface area contributed by atoms with Crippen LogP contribution in [0.1, 0.15) is 89.5 Å². The van der Waals surface area contributed by atoms with Crippen LogP contribution in [0.15, 0.2) is 48.5 Å². The lowest BCUT2D eigenvalue weighted by molar-refractivity contribution is 0.506. The Labute approximate surface area is 149 Å². The lowest BCUT2D eigenvalue weighted by atomic mass is 9.80. The van der Waals surface area contributed by atoms with Gasteiger partial charge in [-0.2, -0.15) is 0 Å². The molecule has 0 bridgehead atoms. The molecule has 0 nitrogen and oxygen atoms in total. The van der Waals surface area contributed by atoms with E-state index < -0.39 is 0 Å². The third-order valence-corrected chi connectivity index (χ3v) is 6.15. The fourth-order valence-corrected chi connectivity index (χ4v) is 3.05. The second-order valence-corrected chi connectivity index (χ2v) is 8.44. The van der Waals surface area contributed by atoms with E-state index in [0.29, 0.717) is 5.92 Å². The smallest absolute Gasteiger partial charge is 0.00610 e. The molecule has 0 fully saturated rings. The minimum atomic E-state index is 0.259. The summed E-state index contributed by atoms with van der Waals surface area (Å²) in [7, 11) is 0. The molecule has 0 spiro atoms. The largest absolute Gasteiger partial charge is 0.0646 e. The predicted molar refractivity (Wildman–Crippen MR) is 107 cm³/mol. The quantitative estimate of drug-likeness (QED) is 0.527. The Morgan fingerprint density at radius 2 is 0.917 bits per heavy atom. The maximum absolute atomic E-state index is 2.32. The first-order valence-electron chi connectivity index (χ1n) is 9.42. The Kier molecular flexibility index (Phi) is 5.58. The van der Waals surface area contributed by atoms with Crippen molar-refractivity contribution in [3.05, 3.63) is 70.8 Å². The highest BCUT2D eigenvalue weighted by molar-refractivity contribution is 5.37. The molecule has 0 unspecified atom stereocenters. The van der Waals surface area contributed by atoms with E-state index in [4.69, 9.17) is 0 Å². The van der Waals surface area contributed by atoms with Crippen molar-refractivity contribution < 1.29 is 0 Å². The molecule has 0 heterocycles. The fourth-order valence-electron chi connectivity index (χ4n) is 3.05. The van der Waals surface area contributed by atoms with Crippen LogP contribution >= 0.6 is 0 Å². The van der Waals surface area contributed by atoms with Crippen LogP contribution in [0.3, 0.4) is 0 Å². The van der Waals surface area contributed by atoms with E-state index in [1.54, 1.807) is 0 Å². The monoisotopic (exact) mass is 322 g/mol. The predicted octanol–water partition coefficient (Wildman–Crippen LogP) is 7.21. The van der Waals surface area contributed by atoms with E-state index in [-0.39, 0.29) is 10.8 Å². The first kappa shape index (κ1) is 18.8. The van der Waals surface area contributed by atoms with Crippen LogP contribution in [-0.2, 0) is 10.8 Å². The summed E-state index contributed by atoms with van der Waals surface area (Å²) in [6, 6.07) is 18.5. The summed E-state index contributed by atoms with van der Waals surface area (Å²) < 4.78 is 0. The van der Waals surface area contributed by atoms with Gasteiger partial charge >= 0.3 is 0 Å². The maximum atomic E-state index is 2.32. The molecular weight excluding hydrogens is 288 g/mol. The van der Waals surface area contributed by atoms with Gasteiger partial charge in [0.05, 0.1) is 0 Å². The molecule has 0 amide bonds. The molecular formula is C24H34. The van der Waals surface area contributed by atoms with Crippen molar-refractivity contribution >= 4 is 0 Å². The van der Waals surface area contributed by atoms with Crippen LogP contribution in [0.4, 0.5) is 0 Å². The summed E-state index contributed by atoms with van der Waals surface area (Å²) in [4.78, 5) is 0. The molecule has 2 aromatic rings. The Balaban J connectivity index is 2.21. The van der Waals surface area contributed by atoms with Crippen molar-refractivity contribution in [1.29, 1.82) is 0 Å². The second-order valence-electron chi connectivity index (χ2n) is 8.44. The number of benzene rings is 2. The van der Waals surface area contributed by atoms with Crippen LogP contribution < -0.4 is 0 Å². The number of rotatable bonds is 6. The van der Waals surface area contributed by atoms with Crippen molar-refractivity contribution in [2.45, 2.75) is 78.1 Å². The molecule has 0 aliphatic carbocycles. The van der Waals surface area contributed by atoms with Crippen molar-refractivity contribution in [3.63, 3.8) is 0 Å². The summed E-state index contributed by atoms with van der Waals surface area (Å²) in [6.45, 7) is 16.1. The first-order chi connectivity index (χ1) is 11.2. The number of hydrogen-bond donors (Lipinski definition) is 0. The van der Waals surface area contributed by atoms with Gasteiger partial charge in [-0.05, 0) is 45.9 Å². The number of hydrogen-bond acceptors (Lipinski definition) is 0. The SMILES string of the molecule is CCC(C)(C)c1ccc(C(C)c2ccc(C(C)(C)CC)cc2)cc1. The van der Waals surface area contributed by atoms with Crippen molar-refractivity contribution in [1.82, 2.24) is 0 Å². The van der Waals surface area contributed by atoms with Gasteiger partial charge < -0.3 is 0 Å². The summed E-state index contributed by atoms with van der Waals surface area (Å²) >= 11 is 0. The van der Waals surface area contributed by atoms with Crippen molar-refractivity contribution in [3.8, 4) is 0 Å². The van der Waals surface area contributed by atoms with Gasteiger partial charge in [-0.3, -0.25) is 0 Å². The summed E-state index contributed by atoms with van der Waals surface area (Å²) in [5.74, 6) is 0.433. The van der Waals surface area contributed by atoms with Crippen LogP contribution in [0.2, 0.25) is 0 Å². The van der Waals surface area contributed by atoms with Gasteiger partial charge in [-0.1, -0.05) is 97.0 Å². The molecule has 0 aromatic heterocycles. The second kappa shape index (κ2) is 7.13. The topological polar surface area (TPSA) is 0 Å². The average molecular weight is 323 g/mol. The zero-order chi connectivity index (χ0) is 18.0. The van der Waals surface area contributed by atoms with Gasteiger partial charge in [0.2, 0.25) is 0 Å². The third kappa shape index (κ3) is 3.91. The molecule has 130 valence electrons. The van der Waals surface area contributed by atoms with Crippen molar-refractivity contribution in [2.24, 2.45) is 0 Å². The first-order valence-corrected chi connectivity index (χ1v) is 9.42. The minimum absolute atomic E-state index is 0.259. The van der Waals surface area contributed by atoms with Crippen LogP contribution in [-0.4, -0.2) is 0 Å². The van der Waals surface area contributed by atoms with Crippen LogP contribution in [0, 0.1) is 0 Å². The Morgan fingerprint density at radius 1 is 0.625 bits per heavy atom. The van der Waals surface area contributed by atoms with E-state index in [1.165, 1.54) is 22.3 Å². The zero-order valence-electron chi connectivity index (χ0n) is 16.6. The maximum Gasteiger partial charge on any atom is 0.00610 e. The summed E-state index contributed by atoms with van der Waals surface area (Å²) in [6.07, 6.45) is 2.33. The molecule has 0 radical (unpaired) electrons. The van der Waals surface area contributed by atoms with Gasteiger partial charge in [0.1, 0.15) is 0 Å². The Bertz CT molecular complexity index is 582. The molecule has 0 heteroatoms. The Morgan fingerprint density at radius 3 is 1.17 bits per heavy atom. The normalized spacial score (nSPS) is 12.7. The molecule has 24 heavy (non-hydrogen) atoms. The summed E-state index contributed by atoms with van der Waals surface area (Å²) in [5, 5.41) is 0. The molecule has 0 saturated carbocycles. The van der Waals surface area contributed by atoms with Crippen LogP contribution in [0.5, 0.6) is 0 Å². The van der Waals surface area contributed by atoms with E-state index >= 15 is 0 Å². The Hall–Kier alpha value is -1.56. The molecule has 0 aliphatic rings. The average Bonchev–Trinajstić information content (AvgIpc) is 2.61. The summed E-state index contributed by atoms with van der Waals surface area (Å²) in [5.41, 5.74) is 6.17. The van der Waals surface area contributed by atoms with E-state index in [9.17, 15) is 0 Å². The molecule has 0 N–H and O–H groups in total. The molecule has 0 saturated heterocycles. The van der Waals surface area contributed by atoms with Gasteiger partial charge in [0.25, 0.3) is 0 Å².